The lowest BCUT2D eigenvalue weighted by molar-refractivity contribution is 0.573. The minimum absolute atomic E-state index is 0.378. The van der Waals surface area contributed by atoms with Gasteiger partial charge in [-0.25, -0.2) is 0 Å². The summed E-state index contributed by atoms with van der Waals surface area (Å²) in [7, 11) is 2.00. The summed E-state index contributed by atoms with van der Waals surface area (Å²) in [5, 5.41) is 3.34. The number of rotatable bonds is 4. The fourth-order valence-electron chi connectivity index (χ4n) is 2.28. The van der Waals surface area contributed by atoms with Crippen LogP contribution in [0, 0.1) is 20.8 Å². The van der Waals surface area contributed by atoms with Crippen LogP contribution in [0.4, 0.5) is 0 Å². The van der Waals surface area contributed by atoms with Crippen LogP contribution in [0.1, 0.15) is 34.7 Å². The highest BCUT2D eigenvalue weighted by molar-refractivity contribution is 6.17. The van der Waals surface area contributed by atoms with Crippen molar-refractivity contribution in [1.29, 1.82) is 0 Å². The van der Waals surface area contributed by atoms with E-state index in [1.54, 1.807) is 0 Å². The van der Waals surface area contributed by atoms with Crippen molar-refractivity contribution in [3.05, 3.63) is 34.4 Å². The van der Waals surface area contributed by atoms with Crippen LogP contribution in [0.3, 0.4) is 0 Å². The summed E-state index contributed by atoms with van der Waals surface area (Å²) in [6.45, 7) is 6.49. The molecule has 1 N–H and O–H groups in total. The number of benzene rings is 1. The maximum atomic E-state index is 5.82. The van der Waals surface area contributed by atoms with E-state index in [4.69, 9.17) is 11.6 Å². The topological polar surface area (TPSA) is 12.0 Å². The SMILES string of the molecule is CNC(CCCl)c1c(C)cc(C)cc1C. The first-order valence-corrected chi connectivity index (χ1v) is 5.94. The molecule has 15 heavy (non-hydrogen) atoms. The molecule has 0 bridgehead atoms. The molecule has 0 aliphatic rings. The predicted molar refractivity (Wildman–Crippen MR) is 67.8 cm³/mol. The normalized spacial score (nSPS) is 12.9. The minimum Gasteiger partial charge on any atom is -0.313 e. The molecule has 2 heteroatoms. The van der Waals surface area contributed by atoms with Gasteiger partial charge >= 0.3 is 0 Å². The molecule has 1 aromatic rings. The van der Waals surface area contributed by atoms with Crippen molar-refractivity contribution >= 4 is 11.6 Å². The fourth-order valence-corrected chi connectivity index (χ4v) is 2.50. The van der Waals surface area contributed by atoms with E-state index in [2.05, 4.69) is 38.2 Å². The Hall–Kier alpha value is -0.530. The van der Waals surface area contributed by atoms with Gasteiger partial charge in [-0.05, 0) is 50.9 Å². The maximum absolute atomic E-state index is 5.82. The van der Waals surface area contributed by atoms with Gasteiger partial charge in [0.05, 0.1) is 0 Å². The summed E-state index contributed by atoms with van der Waals surface area (Å²) in [5.74, 6) is 0.693. The van der Waals surface area contributed by atoms with Crippen LogP contribution in [0.5, 0.6) is 0 Å². The van der Waals surface area contributed by atoms with Crippen molar-refractivity contribution < 1.29 is 0 Å². The predicted octanol–water partition coefficient (Wildman–Crippen LogP) is 3.50. The second kappa shape index (κ2) is 5.53. The number of alkyl halides is 1. The van der Waals surface area contributed by atoms with Gasteiger partial charge < -0.3 is 5.32 Å². The van der Waals surface area contributed by atoms with Crippen LogP contribution in [0.25, 0.3) is 0 Å². The second-order valence-electron chi connectivity index (χ2n) is 4.13. The lowest BCUT2D eigenvalue weighted by Gasteiger charge is -2.21. The zero-order chi connectivity index (χ0) is 11.4. The number of aryl methyl sites for hydroxylation is 3. The second-order valence-corrected chi connectivity index (χ2v) is 4.51. The average molecular weight is 226 g/mol. The molecule has 0 saturated carbocycles. The summed E-state index contributed by atoms with van der Waals surface area (Å²) in [6.07, 6.45) is 0.975. The Morgan fingerprint density at radius 2 is 1.73 bits per heavy atom. The first-order valence-electron chi connectivity index (χ1n) is 5.41. The van der Waals surface area contributed by atoms with Crippen molar-refractivity contribution in [2.24, 2.45) is 0 Å². The minimum atomic E-state index is 0.378. The Bertz CT molecular complexity index is 310. The third kappa shape index (κ3) is 2.96. The lowest BCUT2D eigenvalue weighted by atomic mass is 9.93. The summed E-state index contributed by atoms with van der Waals surface area (Å²) >= 11 is 5.82. The lowest BCUT2D eigenvalue weighted by Crippen LogP contribution is -2.19. The van der Waals surface area contributed by atoms with E-state index >= 15 is 0 Å². The Balaban J connectivity index is 3.11. The molecule has 0 heterocycles. The highest BCUT2D eigenvalue weighted by atomic mass is 35.5. The largest absolute Gasteiger partial charge is 0.313 e. The van der Waals surface area contributed by atoms with Crippen molar-refractivity contribution in [1.82, 2.24) is 5.32 Å². The highest BCUT2D eigenvalue weighted by Gasteiger charge is 2.13. The molecule has 0 aromatic heterocycles. The number of nitrogens with one attached hydrogen (secondary N) is 1. The zero-order valence-corrected chi connectivity index (χ0v) is 10.8. The monoisotopic (exact) mass is 225 g/mol. The Labute approximate surface area is 97.8 Å². The molecule has 0 aliphatic heterocycles. The van der Waals surface area contributed by atoms with E-state index in [1.807, 2.05) is 7.05 Å². The Morgan fingerprint density at radius 3 is 2.13 bits per heavy atom. The van der Waals surface area contributed by atoms with E-state index < -0.39 is 0 Å². The first-order chi connectivity index (χ1) is 7.10. The van der Waals surface area contributed by atoms with Gasteiger partial charge in [-0.2, -0.15) is 0 Å². The molecule has 1 atom stereocenters. The molecular weight excluding hydrogens is 206 g/mol. The fraction of sp³-hybridized carbons (Fsp3) is 0.538. The maximum Gasteiger partial charge on any atom is 0.0334 e. The van der Waals surface area contributed by atoms with Gasteiger partial charge in [-0.3, -0.25) is 0 Å². The number of hydrogen-bond donors (Lipinski definition) is 1. The van der Waals surface area contributed by atoms with Crippen LogP contribution < -0.4 is 5.32 Å². The van der Waals surface area contributed by atoms with Crippen LogP contribution in [-0.4, -0.2) is 12.9 Å². The van der Waals surface area contributed by atoms with Crippen molar-refractivity contribution in [3.63, 3.8) is 0 Å². The van der Waals surface area contributed by atoms with Crippen molar-refractivity contribution in [2.75, 3.05) is 12.9 Å². The van der Waals surface area contributed by atoms with E-state index in [9.17, 15) is 0 Å². The van der Waals surface area contributed by atoms with Crippen LogP contribution in [0.2, 0.25) is 0 Å². The van der Waals surface area contributed by atoms with Gasteiger partial charge in [0, 0.05) is 11.9 Å². The first kappa shape index (κ1) is 12.5. The third-order valence-corrected chi connectivity index (χ3v) is 3.05. The Kier molecular flexibility index (Phi) is 4.62. The van der Waals surface area contributed by atoms with Gasteiger partial charge in [0.1, 0.15) is 0 Å². The molecule has 84 valence electrons. The molecule has 1 nitrogen and oxygen atoms in total. The molecule has 0 amide bonds. The molecule has 1 rings (SSSR count). The quantitative estimate of drug-likeness (QED) is 0.774. The van der Waals surface area contributed by atoms with E-state index in [0.717, 1.165) is 6.42 Å². The molecule has 1 unspecified atom stereocenters. The van der Waals surface area contributed by atoms with Crippen molar-refractivity contribution in [3.8, 4) is 0 Å². The number of hydrogen-bond acceptors (Lipinski definition) is 1. The molecular formula is C13H20ClN. The molecule has 0 spiro atoms. The molecule has 0 aliphatic carbocycles. The molecule has 0 fully saturated rings. The van der Waals surface area contributed by atoms with Crippen LogP contribution in [0.15, 0.2) is 12.1 Å². The van der Waals surface area contributed by atoms with Crippen molar-refractivity contribution in [2.45, 2.75) is 33.2 Å². The zero-order valence-electron chi connectivity index (χ0n) is 10.0. The van der Waals surface area contributed by atoms with Crippen LogP contribution >= 0.6 is 11.6 Å². The smallest absolute Gasteiger partial charge is 0.0334 e. The molecule has 0 radical (unpaired) electrons. The van der Waals surface area contributed by atoms with E-state index in [0.29, 0.717) is 11.9 Å². The van der Waals surface area contributed by atoms with Gasteiger partial charge in [0.2, 0.25) is 0 Å². The molecule has 0 saturated heterocycles. The standard InChI is InChI=1S/C13H20ClN/c1-9-7-10(2)13(11(3)8-9)12(15-4)5-6-14/h7-8,12,15H,5-6H2,1-4H3. The highest BCUT2D eigenvalue weighted by Crippen LogP contribution is 2.25. The summed E-state index contributed by atoms with van der Waals surface area (Å²) in [6, 6.07) is 4.85. The van der Waals surface area contributed by atoms with E-state index in [-0.39, 0.29) is 0 Å². The van der Waals surface area contributed by atoms with Gasteiger partial charge in [0.15, 0.2) is 0 Å². The third-order valence-electron chi connectivity index (χ3n) is 2.83. The summed E-state index contributed by atoms with van der Waals surface area (Å²) in [4.78, 5) is 0. The summed E-state index contributed by atoms with van der Waals surface area (Å²) < 4.78 is 0. The summed E-state index contributed by atoms with van der Waals surface area (Å²) in [5.41, 5.74) is 5.45. The van der Waals surface area contributed by atoms with Gasteiger partial charge in [-0.1, -0.05) is 17.7 Å². The van der Waals surface area contributed by atoms with Crippen LogP contribution in [-0.2, 0) is 0 Å². The number of halogens is 1. The average Bonchev–Trinajstić information content (AvgIpc) is 2.14. The van der Waals surface area contributed by atoms with Gasteiger partial charge in [-0.15, -0.1) is 11.6 Å². The van der Waals surface area contributed by atoms with Gasteiger partial charge in [0.25, 0.3) is 0 Å². The van der Waals surface area contributed by atoms with E-state index in [1.165, 1.54) is 22.3 Å². The molecule has 1 aromatic carbocycles. The Morgan fingerprint density at radius 1 is 1.20 bits per heavy atom.